The van der Waals surface area contributed by atoms with Crippen molar-refractivity contribution in [1.82, 2.24) is 5.32 Å². The number of rotatable bonds is 5. The highest BCUT2D eigenvalue weighted by Crippen LogP contribution is 2.31. The van der Waals surface area contributed by atoms with Gasteiger partial charge in [0.25, 0.3) is 5.91 Å². The standard InChI is InChI=1S/C24H20FNO3/c25-20-9-6-16(7-10-20)12-13-26-23(27)18-8-11-21-19(14-18)15-22(29-24(21)28)17-4-2-1-3-5-17/h1-11,14,22H,12-13,15H2,(H,26,27). The van der Waals surface area contributed by atoms with E-state index in [2.05, 4.69) is 5.32 Å². The summed E-state index contributed by atoms with van der Waals surface area (Å²) in [6, 6.07) is 20.8. The van der Waals surface area contributed by atoms with Gasteiger partial charge in [-0.15, -0.1) is 0 Å². The zero-order valence-corrected chi connectivity index (χ0v) is 15.7. The maximum absolute atomic E-state index is 13.0. The molecule has 1 amide bonds. The van der Waals surface area contributed by atoms with Crippen molar-refractivity contribution in [3.05, 3.63) is 106 Å². The van der Waals surface area contributed by atoms with E-state index >= 15 is 0 Å². The quantitative estimate of drug-likeness (QED) is 0.664. The largest absolute Gasteiger partial charge is 0.454 e. The topological polar surface area (TPSA) is 55.4 Å². The van der Waals surface area contributed by atoms with Crippen LogP contribution in [0.25, 0.3) is 0 Å². The van der Waals surface area contributed by atoms with Gasteiger partial charge in [-0.3, -0.25) is 4.79 Å². The average Bonchev–Trinajstić information content (AvgIpc) is 2.75. The summed E-state index contributed by atoms with van der Waals surface area (Å²) in [5.74, 6) is -0.854. The lowest BCUT2D eigenvalue weighted by Gasteiger charge is -2.25. The maximum atomic E-state index is 13.0. The minimum absolute atomic E-state index is 0.204. The number of carbonyl (C=O) groups is 2. The van der Waals surface area contributed by atoms with Gasteiger partial charge in [0, 0.05) is 18.5 Å². The molecule has 0 bridgehead atoms. The predicted molar refractivity (Wildman–Crippen MR) is 107 cm³/mol. The van der Waals surface area contributed by atoms with Crippen LogP contribution < -0.4 is 5.32 Å². The molecule has 0 saturated carbocycles. The van der Waals surface area contributed by atoms with E-state index in [0.717, 1.165) is 16.7 Å². The van der Waals surface area contributed by atoms with Crippen molar-refractivity contribution in [2.24, 2.45) is 0 Å². The first-order valence-electron chi connectivity index (χ1n) is 9.51. The molecule has 1 heterocycles. The van der Waals surface area contributed by atoms with Crippen LogP contribution in [0.15, 0.2) is 72.8 Å². The van der Waals surface area contributed by atoms with Gasteiger partial charge in [0.15, 0.2) is 0 Å². The van der Waals surface area contributed by atoms with Crippen LogP contribution in [0.5, 0.6) is 0 Å². The minimum Gasteiger partial charge on any atom is -0.454 e. The van der Waals surface area contributed by atoms with E-state index in [1.165, 1.54) is 12.1 Å². The van der Waals surface area contributed by atoms with Crippen LogP contribution >= 0.6 is 0 Å². The molecule has 4 rings (SSSR count). The van der Waals surface area contributed by atoms with Crippen molar-refractivity contribution in [2.75, 3.05) is 6.54 Å². The van der Waals surface area contributed by atoms with E-state index in [-0.39, 0.29) is 23.8 Å². The third kappa shape index (κ3) is 4.35. The molecule has 1 unspecified atom stereocenters. The Bertz CT molecular complexity index is 1030. The number of carbonyl (C=O) groups excluding carboxylic acids is 2. The van der Waals surface area contributed by atoms with E-state index in [1.54, 1.807) is 30.3 Å². The molecule has 0 aromatic heterocycles. The highest BCUT2D eigenvalue weighted by Gasteiger charge is 2.28. The number of amides is 1. The molecule has 3 aromatic carbocycles. The van der Waals surface area contributed by atoms with Crippen LogP contribution in [-0.2, 0) is 17.6 Å². The smallest absolute Gasteiger partial charge is 0.339 e. The molecular formula is C24H20FNO3. The first-order chi connectivity index (χ1) is 14.1. The van der Waals surface area contributed by atoms with Crippen molar-refractivity contribution in [1.29, 1.82) is 0 Å². The molecular weight excluding hydrogens is 369 g/mol. The number of fused-ring (bicyclic) bond motifs is 1. The van der Waals surface area contributed by atoms with Crippen molar-refractivity contribution in [3.8, 4) is 0 Å². The molecule has 4 nitrogen and oxygen atoms in total. The molecule has 0 radical (unpaired) electrons. The van der Waals surface area contributed by atoms with Crippen LogP contribution in [0.2, 0.25) is 0 Å². The van der Waals surface area contributed by atoms with E-state index < -0.39 is 0 Å². The second-order valence-corrected chi connectivity index (χ2v) is 7.01. The van der Waals surface area contributed by atoms with Crippen LogP contribution in [0.4, 0.5) is 4.39 Å². The van der Waals surface area contributed by atoms with Gasteiger partial charge >= 0.3 is 5.97 Å². The predicted octanol–water partition coefficient (Wildman–Crippen LogP) is 4.25. The lowest BCUT2D eigenvalue weighted by molar-refractivity contribution is 0.0252. The Hall–Kier alpha value is -3.47. The number of ether oxygens (including phenoxy) is 1. The van der Waals surface area contributed by atoms with E-state index in [9.17, 15) is 14.0 Å². The second kappa shape index (κ2) is 8.27. The van der Waals surface area contributed by atoms with Gasteiger partial charge < -0.3 is 10.1 Å². The summed E-state index contributed by atoms with van der Waals surface area (Å²) in [7, 11) is 0. The molecule has 0 aliphatic carbocycles. The molecule has 1 aliphatic heterocycles. The Morgan fingerprint density at radius 2 is 1.79 bits per heavy atom. The van der Waals surface area contributed by atoms with Gasteiger partial charge in [-0.05, 0) is 53.4 Å². The fraction of sp³-hybridized carbons (Fsp3) is 0.167. The lowest BCUT2D eigenvalue weighted by Crippen LogP contribution is -2.27. The summed E-state index contributed by atoms with van der Waals surface area (Å²) in [6.07, 6.45) is 0.786. The summed E-state index contributed by atoms with van der Waals surface area (Å²) in [4.78, 5) is 24.9. The molecule has 1 atom stereocenters. The fourth-order valence-corrected chi connectivity index (χ4v) is 3.46. The first kappa shape index (κ1) is 18.9. The molecule has 1 N–H and O–H groups in total. The SMILES string of the molecule is O=C(NCCc1ccc(F)cc1)c1ccc2c(c1)CC(c1ccccc1)OC2=O. The van der Waals surface area contributed by atoms with Crippen LogP contribution in [0.3, 0.4) is 0 Å². The van der Waals surface area contributed by atoms with Gasteiger partial charge in [-0.25, -0.2) is 9.18 Å². The monoisotopic (exact) mass is 389 g/mol. The number of nitrogens with one attached hydrogen (secondary N) is 1. The van der Waals surface area contributed by atoms with Gasteiger partial charge in [0.1, 0.15) is 11.9 Å². The van der Waals surface area contributed by atoms with Crippen molar-refractivity contribution >= 4 is 11.9 Å². The molecule has 0 saturated heterocycles. The molecule has 0 spiro atoms. The van der Waals surface area contributed by atoms with Crippen molar-refractivity contribution < 1.29 is 18.7 Å². The average molecular weight is 389 g/mol. The third-order valence-corrected chi connectivity index (χ3v) is 5.03. The molecule has 29 heavy (non-hydrogen) atoms. The molecule has 146 valence electrons. The van der Waals surface area contributed by atoms with Crippen LogP contribution in [0.1, 0.15) is 43.5 Å². The van der Waals surface area contributed by atoms with E-state index in [0.29, 0.717) is 30.5 Å². The molecule has 1 aliphatic rings. The van der Waals surface area contributed by atoms with Gasteiger partial charge in [-0.2, -0.15) is 0 Å². The Labute approximate surface area is 168 Å². The van der Waals surface area contributed by atoms with E-state index in [4.69, 9.17) is 4.74 Å². The summed E-state index contributed by atoms with van der Waals surface area (Å²) >= 11 is 0. The second-order valence-electron chi connectivity index (χ2n) is 7.01. The van der Waals surface area contributed by atoms with Crippen molar-refractivity contribution in [3.63, 3.8) is 0 Å². The van der Waals surface area contributed by atoms with Crippen LogP contribution in [-0.4, -0.2) is 18.4 Å². The number of esters is 1. The summed E-state index contributed by atoms with van der Waals surface area (Å²) in [6.45, 7) is 0.441. The lowest BCUT2D eigenvalue weighted by atomic mass is 9.93. The number of halogens is 1. The van der Waals surface area contributed by atoms with Gasteiger partial charge in [0.05, 0.1) is 5.56 Å². The number of cyclic esters (lactones) is 1. The Morgan fingerprint density at radius 3 is 2.55 bits per heavy atom. The minimum atomic E-state index is -0.372. The van der Waals surface area contributed by atoms with Gasteiger partial charge in [0.2, 0.25) is 0 Å². The zero-order valence-electron chi connectivity index (χ0n) is 15.7. The first-order valence-corrected chi connectivity index (χ1v) is 9.51. The summed E-state index contributed by atoms with van der Waals surface area (Å²) in [5, 5.41) is 2.87. The molecule has 5 heteroatoms. The van der Waals surface area contributed by atoms with E-state index in [1.807, 2.05) is 30.3 Å². The van der Waals surface area contributed by atoms with Crippen LogP contribution in [0, 0.1) is 5.82 Å². The maximum Gasteiger partial charge on any atom is 0.339 e. The van der Waals surface area contributed by atoms with Crippen molar-refractivity contribution in [2.45, 2.75) is 18.9 Å². The van der Waals surface area contributed by atoms with Gasteiger partial charge in [-0.1, -0.05) is 42.5 Å². The third-order valence-electron chi connectivity index (χ3n) is 5.03. The highest BCUT2D eigenvalue weighted by atomic mass is 19.1. The fourth-order valence-electron chi connectivity index (χ4n) is 3.46. The summed E-state index contributed by atoms with van der Waals surface area (Å²) < 4.78 is 18.5. The Balaban J connectivity index is 1.43. The molecule has 0 fully saturated rings. The number of benzene rings is 3. The normalized spacial score (nSPS) is 15.3. The number of hydrogen-bond acceptors (Lipinski definition) is 3. The highest BCUT2D eigenvalue weighted by molar-refractivity contribution is 5.97. The Kier molecular flexibility index (Phi) is 5.38. The Morgan fingerprint density at radius 1 is 1.03 bits per heavy atom. The summed E-state index contributed by atoms with van der Waals surface area (Å²) in [5.41, 5.74) is 3.69. The number of hydrogen-bond donors (Lipinski definition) is 1. The molecule has 3 aromatic rings. The zero-order chi connectivity index (χ0) is 20.2.